The summed E-state index contributed by atoms with van der Waals surface area (Å²) in [6.07, 6.45) is 1.10. The summed E-state index contributed by atoms with van der Waals surface area (Å²) < 4.78 is 0. The number of likely N-dealkylation sites (N-methyl/N-ethyl adjacent to an activating group) is 1. The Kier molecular flexibility index (Phi) is 3.56. The van der Waals surface area contributed by atoms with E-state index >= 15 is 0 Å². The van der Waals surface area contributed by atoms with Gasteiger partial charge in [0.2, 0.25) is 5.91 Å². The first-order chi connectivity index (χ1) is 8.49. The molecule has 0 aliphatic carbocycles. The molecule has 1 aromatic heterocycles. The van der Waals surface area contributed by atoms with Gasteiger partial charge >= 0.3 is 0 Å². The molecule has 2 amide bonds. The molecule has 1 aliphatic rings. The Bertz CT molecular complexity index is 485. The molecule has 98 valence electrons. The molecule has 0 saturated carbocycles. The quantitative estimate of drug-likeness (QED) is 0.831. The van der Waals surface area contributed by atoms with E-state index in [1.165, 1.54) is 0 Å². The predicted molar refractivity (Wildman–Crippen MR) is 66.5 cm³/mol. The highest BCUT2D eigenvalue weighted by Gasteiger charge is 2.26. The smallest absolute Gasteiger partial charge is 0.273 e. The van der Waals surface area contributed by atoms with Crippen LogP contribution < -0.4 is 5.32 Å². The first-order valence-corrected chi connectivity index (χ1v) is 6.12. The average Bonchev–Trinajstić information content (AvgIpc) is 2.65. The van der Waals surface area contributed by atoms with Gasteiger partial charge in [-0.05, 0) is 13.3 Å². The van der Waals surface area contributed by atoms with Gasteiger partial charge in [0, 0.05) is 26.1 Å². The number of carbonyl (C=O) groups excluding carboxylic acids is 2. The molecule has 2 heterocycles. The minimum Gasteiger partial charge on any atom is -0.346 e. The summed E-state index contributed by atoms with van der Waals surface area (Å²) in [5, 5.41) is 9.71. The monoisotopic (exact) mass is 270 g/mol. The van der Waals surface area contributed by atoms with E-state index < -0.39 is 0 Å². The molecule has 7 heteroatoms. The van der Waals surface area contributed by atoms with E-state index in [1.54, 1.807) is 18.9 Å². The molecule has 18 heavy (non-hydrogen) atoms. The lowest BCUT2D eigenvalue weighted by Gasteiger charge is -2.29. The first-order valence-electron chi connectivity index (χ1n) is 5.74. The molecule has 1 aromatic rings. The summed E-state index contributed by atoms with van der Waals surface area (Å²) in [5.74, 6) is -0.203. The van der Waals surface area contributed by atoms with Crippen LogP contribution in [0.3, 0.4) is 0 Å². The highest BCUT2D eigenvalue weighted by molar-refractivity contribution is 6.34. The third kappa shape index (κ3) is 2.48. The number of likely N-dealkylation sites (tertiary alicyclic amines) is 1. The second kappa shape index (κ2) is 4.97. The third-order valence-electron chi connectivity index (χ3n) is 3.05. The zero-order valence-corrected chi connectivity index (χ0v) is 11.0. The molecule has 0 unspecified atom stereocenters. The van der Waals surface area contributed by atoms with Gasteiger partial charge in [-0.15, -0.1) is 0 Å². The van der Waals surface area contributed by atoms with E-state index in [1.807, 2.05) is 0 Å². The van der Waals surface area contributed by atoms with Crippen molar-refractivity contribution in [1.82, 2.24) is 20.4 Å². The van der Waals surface area contributed by atoms with Crippen LogP contribution in [0.25, 0.3) is 0 Å². The van der Waals surface area contributed by atoms with Crippen molar-refractivity contribution in [2.75, 3.05) is 13.6 Å². The zero-order chi connectivity index (χ0) is 13.3. The van der Waals surface area contributed by atoms with Crippen LogP contribution in [0.4, 0.5) is 0 Å². The third-order valence-corrected chi connectivity index (χ3v) is 3.51. The molecular formula is C11H15ClN4O2. The zero-order valence-electron chi connectivity index (χ0n) is 10.3. The number of carbonyl (C=O) groups is 2. The van der Waals surface area contributed by atoms with Gasteiger partial charge in [0.05, 0.1) is 10.7 Å². The Morgan fingerprint density at radius 3 is 2.89 bits per heavy atom. The van der Waals surface area contributed by atoms with Crippen molar-refractivity contribution in [2.24, 2.45) is 0 Å². The van der Waals surface area contributed by atoms with E-state index in [0.717, 1.165) is 0 Å². The maximum Gasteiger partial charge on any atom is 0.273 e. The topological polar surface area (TPSA) is 78.1 Å². The number of amides is 2. The SMILES string of the molecule is Cc1[nH]nc(C(=O)N[C@H]2CCC(=O)N(C)C2)c1Cl. The minimum atomic E-state index is -0.308. The van der Waals surface area contributed by atoms with Crippen molar-refractivity contribution in [3.63, 3.8) is 0 Å². The highest BCUT2D eigenvalue weighted by atomic mass is 35.5. The Morgan fingerprint density at radius 2 is 2.33 bits per heavy atom. The van der Waals surface area contributed by atoms with E-state index in [-0.39, 0.29) is 23.6 Å². The number of piperidine rings is 1. The number of aromatic nitrogens is 2. The number of hydrogen-bond acceptors (Lipinski definition) is 3. The van der Waals surface area contributed by atoms with Gasteiger partial charge in [-0.3, -0.25) is 14.7 Å². The summed E-state index contributed by atoms with van der Waals surface area (Å²) >= 11 is 5.95. The van der Waals surface area contributed by atoms with Gasteiger partial charge in [0.25, 0.3) is 5.91 Å². The van der Waals surface area contributed by atoms with E-state index in [4.69, 9.17) is 11.6 Å². The summed E-state index contributed by atoms with van der Waals surface area (Å²) in [5.41, 5.74) is 0.867. The van der Waals surface area contributed by atoms with Crippen molar-refractivity contribution in [3.8, 4) is 0 Å². The van der Waals surface area contributed by atoms with Crippen LogP contribution in [-0.4, -0.2) is 46.5 Å². The maximum atomic E-state index is 12.0. The van der Waals surface area contributed by atoms with Gasteiger partial charge in [0.1, 0.15) is 0 Å². The van der Waals surface area contributed by atoms with Crippen molar-refractivity contribution in [3.05, 3.63) is 16.4 Å². The first kappa shape index (κ1) is 12.9. The second-order valence-electron chi connectivity index (χ2n) is 4.49. The Balaban J connectivity index is 2.00. The normalized spacial score (nSPS) is 20.1. The highest BCUT2D eigenvalue weighted by Crippen LogP contribution is 2.17. The molecular weight excluding hydrogens is 256 g/mol. The molecule has 0 radical (unpaired) electrons. The van der Waals surface area contributed by atoms with E-state index in [0.29, 0.717) is 30.1 Å². The molecule has 0 aromatic carbocycles. The van der Waals surface area contributed by atoms with Crippen LogP contribution in [0.5, 0.6) is 0 Å². The van der Waals surface area contributed by atoms with E-state index in [9.17, 15) is 9.59 Å². The fraction of sp³-hybridized carbons (Fsp3) is 0.545. The average molecular weight is 271 g/mol. The van der Waals surface area contributed by atoms with Crippen LogP contribution in [0, 0.1) is 6.92 Å². The number of rotatable bonds is 2. The predicted octanol–water partition coefficient (Wildman–Crippen LogP) is 0.722. The summed E-state index contributed by atoms with van der Waals surface area (Å²) in [6, 6.07) is -0.0479. The standard InChI is InChI=1S/C11H15ClN4O2/c1-6-9(12)10(15-14-6)11(18)13-7-3-4-8(17)16(2)5-7/h7H,3-5H2,1-2H3,(H,13,18)(H,14,15)/t7-/m0/s1. The van der Waals surface area contributed by atoms with Crippen LogP contribution in [0.1, 0.15) is 29.0 Å². The lowest BCUT2D eigenvalue weighted by atomic mass is 10.1. The number of hydrogen-bond donors (Lipinski definition) is 2. The number of aromatic amines is 1. The lowest BCUT2D eigenvalue weighted by molar-refractivity contribution is -0.132. The fourth-order valence-corrected chi connectivity index (χ4v) is 2.12. The Hall–Kier alpha value is -1.56. The molecule has 1 fully saturated rings. The Labute approximate surface area is 110 Å². The molecule has 2 rings (SSSR count). The number of aryl methyl sites for hydroxylation is 1. The number of H-pyrrole nitrogens is 1. The number of halogens is 1. The van der Waals surface area contributed by atoms with Crippen LogP contribution in [0.2, 0.25) is 5.02 Å². The second-order valence-corrected chi connectivity index (χ2v) is 4.87. The van der Waals surface area contributed by atoms with Gasteiger partial charge in [-0.2, -0.15) is 5.10 Å². The summed E-state index contributed by atoms with van der Waals surface area (Å²) in [7, 11) is 1.73. The van der Waals surface area contributed by atoms with Gasteiger partial charge in [-0.25, -0.2) is 0 Å². The molecule has 0 bridgehead atoms. The fourth-order valence-electron chi connectivity index (χ4n) is 1.95. The van der Waals surface area contributed by atoms with Crippen LogP contribution >= 0.6 is 11.6 Å². The largest absolute Gasteiger partial charge is 0.346 e. The summed E-state index contributed by atoms with van der Waals surface area (Å²) in [4.78, 5) is 24.9. The van der Waals surface area contributed by atoms with Gasteiger partial charge in [-0.1, -0.05) is 11.6 Å². The van der Waals surface area contributed by atoms with Crippen LogP contribution in [-0.2, 0) is 4.79 Å². The van der Waals surface area contributed by atoms with Gasteiger partial charge in [0.15, 0.2) is 5.69 Å². The molecule has 6 nitrogen and oxygen atoms in total. The molecule has 1 aliphatic heterocycles. The number of nitrogens with one attached hydrogen (secondary N) is 2. The molecule has 1 atom stereocenters. The van der Waals surface area contributed by atoms with Crippen molar-refractivity contribution < 1.29 is 9.59 Å². The summed E-state index contributed by atoms with van der Waals surface area (Å²) in [6.45, 7) is 2.27. The lowest BCUT2D eigenvalue weighted by Crippen LogP contribution is -2.48. The van der Waals surface area contributed by atoms with Crippen molar-refractivity contribution in [1.29, 1.82) is 0 Å². The minimum absolute atomic E-state index is 0.0479. The Morgan fingerprint density at radius 1 is 1.61 bits per heavy atom. The molecule has 2 N–H and O–H groups in total. The van der Waals surface area contributed by atoms with E-state index in [2.05, 4.69) is 15.5 Å². The molecule has 1 saturated heterocycles. The van der Waals surface area contributed by atoms with Crippen molar-refractivity contribution >= 4 is 23.4 Å². The van der Waals surface area contributed by atoms with Crippen LogP contribution in [0.15, 0.2) is 0 Å². The maximum absolute atomic E-state index is 12.0. The van der Waals surface area contributed by atoms with Crippen molar-refractivity contribution in [2.45, 2.75) is 25.8 Å². The molecule has 0 spiro atoms. The number of nitrogens with zero attached hydrogens (tertiary/aromatic N) is 2. The van der Waals surface area contributed by atoms with Gasteiger partial charge < -0.3 is 10.2 Å².